The lowest BCUT2D eigenvalue weighted by Crippen LogP contribution is -1.94. The van der Waals surface area contributed by atoms with Gasteiger partial charge >= 0.3 is 0 Å². The Labute approximate surface area is 117 Å². The van der Waals surface area contributed by atoms with Crippen LogP contribution in [0.4, 0.5) is 0 Å². The van der Waals surface area contributed by atoms with E-state index in [0.717, 1.165) is 5.56 Å². The van der Waals surface area contributed by atoms with Crippen molar-refractivity contribution in [1.82, 2.24) is 4.98 Å². The van der Waals surface area contributed by atoms with Gasteiger partial charge in [0.15, 0.2) is 5.78 Å². The molecule has 2 aromatic rings. The zero-order valence-corrected chi connectivity index (χ0v) is 11.4. The lowest BCUT2D eigenvalue weighted by atomic mass is 10.1. The number of aromatic nitrogens is 1. The number of carbonyl (C=O) groups is 1. The van der Waals surface area contributed by atoms with Crippen LogP contribution < -0.4 is 9.47 Å². The summed E-state index contributed by atoms with van der Waals surface area (Å²) in [7, 11) is 3.18. The predicted octanol–water partition coefficient (Wildman–Crippen LogP) is 2.99. The van der Waals surface area contributed by atoms with E-state index >= 15 is 0 Å². The largest absolute Gasteiger partial charge is 0.497 e. The Hall–Kier alpha value is -2.62. The molecule has 0 bridgehead atoms. The highest BCUT2D eigenvalue weighted by atomic mass is 16.5. The number of rotatable bonds is 5. The van der Waals surface area contributed by atoms with Crippen LogP contribution in [0.2, 0.25) is 0 Å². The number of pyridine rings is 1. The Balaban J connectivity index is 2.21. The molecule has 0 aliphatic carbocycles. The van der Waals surface area contributed by atoms with Crippen LogP contribution in [0, 0.1) is 0 Å². The monoisotopic (exact) mass is 269 g/mol. The van der Waals surface area contributed by atoms with Crippen molar-refractivity contribution in [3.63, 3.8) is 0 Å². The highest BCUT2D eigenvalue weighted by molar-refractivity contribution is 6.06. The molecule has 0 atom stereocenters. The minimum Gasteiger partial charge on any atom is -0.497 e. The summed E-state index contributed by atoms with van der Waals surface area (Å²) in [5.74, 6) is 1.29. The third kappa shape index (κ3) is 3.45. The number of hydrogen-bond acceptors (Lipinski definition) is 4. The van der Waals surface area contributed by atoms with E-state index < -0.39 is 0 Å². The number of ketones is 1. The number of ether oxygens (including phenoxy) is 2. The van der Waals surface area contributed by atoms with Gasteiger partial charge in [0.1, 0.15) is 11.5 Å². The molecule has 0 aliphatic heterocycles. The molecule has 4 heteroatoms. The minimum atomic E-state index is -0.0748. The van der Waals surface area contributed by atoms with Crippen LogP contribution in [0.3, 0.4) is 0 Å². The number of hydrogen-bond donors (Lipinski definition) is 0. The molecule has 0 amide bonds. The highest BCUT2D eigenvalue weighted by Crippen LogP contribution is 2.23. The highest BCUT2D eigenvalue weighted by Gasteiger charge is 2.02. The van der Waals surface area contributed by atoms with Crippen LogP contribution in [-0.2, 0) is 0 Å². The van der Waals surface area contributed by atoms with Gasteiger partial charge in [0.25, 0.3) is 0 Å². The van der Waals surface area contributed by atoms with Crippen molar-refractivity contribution in [3.8, 4) is 11.5 Å². The Morgan fingerprint density at radius 1 is 1.05 bits per heavy atom. The van der Waals surface area contributed by atoms with Gasteiger partial charge in [-0.25, -0.2) is 0 Å². The molecule has 1 aromatic heterocycles. The normalized spacial score (nSPS) is 10.5. The molecular formula is C16H15NO3. The Kier molecular flexibility index (Phi) is 4.50. The average Bonchev–Trinajstić information content (AvgIpc) is 2.53. The van der Waals surface area contributed by atoms with Crippen LogP contribution in [0.25, 0.3) is 6.08 Å². The summed E-state index contributed by atoms with van der Waals surface area (Å²) >= 11 is 0. The van der Waals surface area contributed by atoms with Gasteiger partial charge in [-0.05, 0) is 35.9 Å². The van der Waals surface area contributed by atoms with Crippen molar-refractivity contribution in [3.05, 3.63) is 59.9 Å². The van der Waals surface area contributed by atoms with Gasteiger partial charge in [-0.2, -0.15) is 0 Å². The molecule has 0 saturated heterocycles. The van der Waals surface area contributed by atoms with E-state index in [0.29, 0.717) is 17.1 Å². The van der Waals surface area contributed by atoms with Crippen molar-refractivity contribution in [1.29, 1.82) is 0 Å². The summed E-state index contributed by atoms with van der Waals surface area (Å²) in [5.41, 5.74) is 1.44. The van der Waals surface area contributed by atoms with Gasteiger partial charge in [0.2, 0.25) is 0 Å². The first-order valence-electron chi connectivity index (χ1n) is 6.08. The molecule has 0 unspecified atom stereocenters. The summed E-state index contributed by atoms with van der Waals surface area (Å²) < 4.78 is 10.4. The van der Waals surface area contributed by atoms with Crippen LogP contribution in [0.5, 0.6) is 11.5 Å². The van der Waals surface area contributed by atoms with E-state index in [2.05, 4.69) is 4.98 Å². The summed E-state index contributed by atoms with van der Waals surface area (Å²) in [5, 5.41) is 0. The molecular weight excluding hydrogens is 254 g/mol. The van der Waals surface area contributed by atoms with Crippen LogP contribution in [0.1, 0.15) is 15.9 Å². The summed E-state index contributed by atoms with van der Waals surface area (Å²) in [6, 6.07) is 8.80. The van der Waals surface area contributed by atoms with Gasteiger partial charge in [-0.15, -0.1) is 0 Å². The van der Waals surface area contributed by atoms with Gasteiger partial charge < -0.3 is 9.47 Å². The number of methoxy groups -OCH3 is 2. The van der Waals surface area contributed by atoms with Crippen molar-refractivity contribution in [2.24, 2.45) is 0 Å². The zero-order valence-electron chi connectivity index (χ0n) is 11.4. The standard InChI is InChI=1S/C16H15NO3/c1-19-14-9-12(10-15(11-14)20-2)3-4-16(18)13-5-7-17-8-6-13/h3-11H,1-2H3/b4-3+. The second-order valence-corrected chi connectivity index (χ2v) is 4.08. The maximum atomic E-state index is 11.9. The molecule has 102 valence electrons. The Morgan fingerprint density at radius 2 is 1.65 bits per heavy atom. The lowest BCUT2D eigenvalue weighted by Gasteiger charge is -2.05. The maximum absolute atomic E-state index is 11.9. The topological polar surface area (TPSA) is 48.4 Å². The Morgan fingerprint density at radius 3 is 2.20 bits per heavy atom. The van der Waals surface area contributed by atoms with E-state index in [1.807, 2.05) is 12.1 Å². The molecule has 4 nitrogen and oxygen atoms in total. The second-order valence-electron chi connectivity index (χ2n) is 4.08. The van der Waals surface area contributed by atoms with Gasteiger partial charge in [-0.1, -0.05) is 6.08 Å². The van der Waals surface area contributed by atoms with Crippen molar-refractivity contribution < 1.29 is 14.3 Å². The predicted molar refractivity (Wildman–Crippen MR) is 77.1 cm³/mol. The first-order chi connectivity index (χ1) is 9.72. The fourth-order valence-corrected chi connectivity index (χ4v) is 1.71. The fourth-order valence-electron chi connectivity index (χ4n) is 1.71. The van der Waals surface area contributed by atoms with E-state index in [1.165, 1.54) is 6.08 Å². The molecule has 0 N–H and O–H groups in total. The minimum absolute atomic E-state index is 0.0748. The lowest BCUT2D eigenvalue weighted by molar-refractivity contribution is 0.104. The summed E-state index contributed by atoms with van der Waals surface area (Å²) in [6.45, 7) is 0. The zero-order chi connectivity index (χ0) is 14.4. The van der Waals surface area contributed by atoms with Crippen LogP contribution >= 0.6 is 0 Å². The molecule has 0 aliphatic rings. The number of nitrogens with zero attached hydrogens (tertiary/aromatic N) is 1. The third-order valence-corrected chi connectivity index (χ3v) is 2.77. The number of carbonyl (C=O) groups excluding carboxylic acids is 1. The number of benzene rings is 1. The second kappa shape index (κ2) is 6.52. The molecule has 0 radical (unpaired) electrons. The maximum Gasteiger partial charge on any atom is 0.185 e. The Bertz CT molecular complexity index is 599. The van der Waals surface area contributed by atoms with E-state index in [9.17, 15) is 4.79 Å². The third-order valence-electron chi connectivity index (χ3n) is 2.77. The van der Waals surface area contributed by atoms with Gasteiger partial charge in [0.05, 0.1) is 14.2 Å². The number of allylic oxidation sites excluding steroid dienone is 1. The molecule has 1 aromatic carbocycles. The molecule has 20 heavy (non-hydrogen) atoms. The SMILES string of the molecule is COc1cc(/C=C/C(=O)c2ccncc2)cc(OC)c1. The first-order valence-corrected chi connectivity index (χ1v) is 6.08. The smallest absolute Gasteiger partial charge is 0.185 e. The fraction of sp³-hybridized carbons (Fsp3) is 0.125. The van der Waals surface area contributed by atoms with E-state index in [1.54, 1.807) is 50.9 Å². The average molecular weight is 269 g/mol. The van der Waals surface area contributed by atoms with E-state index in [4.69, 9.17) is 9.47 Å². The quantitative estimate of drug-likeness (QED) is 0.618. The first kappa shape index (κ1) is 13.8. The molecule has 0 spiro atoms. The van der Waals surface area contributed by atoms with Gasteiger partial charge in [-0.3, -0.25) is 9.78 Å². The van der Waals surface area contributed by atoms with E-state index in [-0.39, 0.29) is 5.78 Å². The van der Waals surface area contributed by atoms with Crippen LogP contribution in [0.15, 0.2) is 48.8 Å². The molecule has 0 fully saturated rings. The van der Waals surface area contributed by atoms with Gasteiger partial charge in [0, 0.05) is 24.0 Å². The summed E-state index contributed by atoms with van der Waals surface area (Å²) in [6.07, 6.45) is 6.43. The molecule has 0 saturated carbocycles. The van der Waals surface area contributed by atoms with Crippen molar-refractivity contribution in [2.45, 2.75) is 0 Å². The van der Waals surface area contributed by atoms with Crippen molar-refractivity contribution >= 4 is 11.9 Å². The molecule has 2 rings (SSSR count). The summed E-state index contributed by atoms with van der Waals surface area (Å²) in [4.78, 5) is 15.8. The molecule has 1 heterocycles. The van der Waals surface area contributed by atoms with Crippen LogP contribution in [-0.4, -0.2) is 25.0 Å². The van der Waals surface area contributed by atoms with Crippen molar-refractivity contribution in [2.75, 3.05) is 14.2 Å².